The van der Waals surface area contributed by atoms with Crippen molar-refractivity contribution < 1.29 is 18.3 Å². The molecule has 1 saturated heterocycles. The third-order valence-electron chi connectivity index (χ3n) is 4.70. The molecule has 1 heterocycles. The first kappa shape index (κ1) is 16.3. The second-order valence-electron chi connectivity index (χ2n) is 6.75. The van der Waals surface area contributed by atoms with E-state index >= 15 is 0 Å². The van der Waals surface area contributed by atoms with Crippen molar-refractivity contribution >= 4 is 15.7 Å². The Morgan fingerprint density at radius 3 is 2.26 bits per heavy atom. The maximum Gasteiger partial charge on any atom is 0.226 e. The van der Waals surface area contributed by atoms with Crippen LogP contribution >= 0.6 is 0 Å². The second kappa shape index (κ2) is 6.51. The van der Waals surface area contributed by atoms with E-state index in [1.807, 2.05) is 17.0 Å². The number of benzene rings is 1. The molecule has 0 unspecified atom stereocenters. The van der Waals surface area contributed by atoms with Crippen LogP contribution in [0.5, 0.6) is 5.75 Å². The van der Waals surface area contributed by atoms with Gasteiger partial charge in [-0.2, -0.15) is 0 Å². The number of hydrogen-bond donors (Lipinski definition) is 1. The van der Waals surface area contributed by atoms with Gasteiger partial charge in [0.1, 0.15) is 15.6 Å². The molecule has 2 fully saturated rings. The molecule has 1 aromatic carbocycles. The van der Waals surface area contributed by atoms with Crippen LogP contribution in [0.15, 0.2) is 24.3 Å². The quantitative estimate of drug-likeness (QED) is 0.891. The van der Waals surface area contributed by atoms with Gasteiger partial charge in [-0.05, 0) is 49.3 Å². The summed E-state index contributed by atoms with van der Waals surface area (Å²) in [5.41, 5.74) is 0.986. The molecule has 0 radical (unpaired) electrons. The van der Waals surface area contributed by atoms with E-state index in [1.165, 1.54) is 12.8 Å². The van der Waals surface area contributed by atoms with E-state index in [4.69, 9.17) is 0 Å². The summed E-state index contributed by atoms with van der Waals surface area (Å²) in [4.78, 5) is 14.7. The van der Waals surface area contributed by atoms with E-state index in [9.17, 15) is 18.3 Å². The summed E-state index contributed by atoms with van der Waals surface area (Å²) in [6.45, 7) is 1.28. The monoisotopic (exact) mass is 337 g/mol. The Kier molecular flexibility index (Phi) is 4.62. The molecular formula is C17H23NO4S. The highest BCUT2D eigenvalue weighted by atomic mass is 32.2. The van der Waals surface area contributed by atoms with E-state index in [2.05, 4.69) is 0 Å². The van der Waals surface area contributed by atoms with Gasteiger partial charge < -0.3 is 10.0 Å². The van der Waals surface area contributed by atoms with Crippen LogP contribution in [-0.4, -0.2) is 42.4 Å². The molecule has 0 atom stereocenters. The van der Waals surface area contributed by atoms with Crippen molar-refractivity contribution in [3.63, 3.8) is 0 Å². The number of aromatic hydroxyl groups is 1. The molecule has 1 amide bonds. The minimum Gasteiger partial charge on any atom is -0.508 e. The van der Waals surface area contributed by atoms with Gasteiger partial charge in [0.2, 0.25) is 5.91 Å². The molecule has 1 saturated carbocycles. The smallest absolute Gasteiger partial charge is 0.226 e. The van der Waals surface area contributed by atoms with E-state index in [0.717, 1.165) is 12.1 Å². The van der Waals surface area contributed by atoms with Gasteiger partial charge in [-0.25, -0.2) is 8.42 Å². The lowest BCUT2D eigenvalue weighted by Gasteiger charge is -2.29. The van der Waals surface area contributed by atoms with Gasteiger partial charge in [-0.15, -0.1) is 0 Å². The van der Waals surface area contributed by atoms with Gasteiger partial charge in [0.05, 0.1) is 11.5 Å². The van der Waals surface area contributed by atoms with Crippen molar-refractivity contribution in [1.29, 1.82) is 0 Å². The number of nitrogens with zero attached hydrogens (tertiary/aromatic N) is 1. The fourth-order valence-corrected chi connectivity index (χ4v) is 4.55. The highest BCUT2D eigenvalue weighted by Gasteiger charge is 2.33. The summed E-state index contributed by atoms with van der Waals surface area (Å²) < 4.78 is 23.1. The summed E-state index contributed by atoms with van der Waals surface area (Å²) in [6, 6.07) is 6.91. The fraction of sp³-hybridized carbons (Fsp3) is 0.588. The molecule has 1 N–H and O–H groups in total. The zero-order valence-corrected chi connectivity index (χ0v) is 14.0. The molecule has 0 bridgehead atoms. The summed E-state index contributed by atoms with van der Waals surface area (Å²) >= 11 is 0. The predicted octanol–water partition coefficient (Wildman–Crippen LogP) is 1.96. The van der Waals surface area contributed by atoms with Gasteiger partial charge in [0, 0.05) is 19.0 Å². The predicted molar refractivity (Wildman–Crippen MR) is 87.6 cm³/mol. The Balaban J connectivity index is 1.67. The number of amides is 1. The Morgan fingerprint density at radius 1 is 1.09 bits per heavy atom. The first-order valence-corrected chi connectivity index (χ1v) is 10.0. The van der Waals surface area contributed by atoms with Gasteiger partial charge in [-0.1, -0.05) is 12.1 Å². The number of sulfone groups is 1. The largest absolute Gasteiger partial charge is 0.508 e. The van der Waals surface area contributed by atoms with Gasteiger partial charge >= 0.3 is 0 Å². The molecule has 126 valence electrons. The maximum absolute atomic E-state index is 12.8. The lowest BCUT2D eigenvalue weighted by molar-refractivity contribution is -0.136. The normalized spacial score (nSPS) is 21.0. The number of rotatable bonds is 5. The van der Waals surface area contributed by atoms with Crippen molar-refractivity contribution in [3.05, 3.63) is 29.8 Å². The summed E-state index contributed by atoms with van der Waals surface area (Å²) in [7, 11) is -2.95. The number of carbonyl (C=O) groups excluding carboxylic acids is 1. The molecular weight excluding hydrogens is 314 g/mol. The topological polar surface area (TPSA) is 74.7 Å². The van der Waals surface area contributed by atoms with Gasteiger partial charge in [-0.3, -0.25) is 4.79 Å². The van der Waals surface area contributed by atoms with Crippen LogP contribution in [0.1, 0.15) is 31.2 Å². The van der Waals surface area contributed by atoms with Gasteiger partial charge in [0.25, 0.3) is 0 Å². The van der Waals surface area contributed by atoms with E-state index < -0.39 is 9.84 Å². The average Bonchev–Trinajstić information content (AvgIpc) is 3.32. The van der Waals surface area contributed by atoms with E-state index in [1.54, 1.807) is 12.1 Å². The number of phenolic OH excluding ortho intramolecular Hbond substituents is 1. The molecule has 1 aliphatic carbocycles. The molecule has 0 aromatic heterocycles. The average molecular weight is 337 g/mol. The molecule has 5 nitrogen and oxygen atoms in total. The van der Waals surface area contributed by atoms with Crippen LogP contribution in [0.4, 0.5) is 0 Å². The van der Waals surface area contributed by atoms with Crippen LogP contribution in [-0.2, 0) is 21.2 Å². The van der Waals surface area contributed by atoms with Crippen molar-refractivity contribution in [3.8, 4) is 5.75 Å². The molecule has 23 heavy (non-hydrogen) atoms. The lowest BCUT2D eigenvalue weighted by atomic mass is 10.0. The fourth-order valence-electron chi connectivity index (χ4n) is 3.06. The van der Waals surface area contributed by atoms with E-state index in [-0.39, 0.29) is 29.1 Å². The maximum atomic E-state index is 12.8. The standard InChI is InChI=1S/C17H23NO4S/c19-16-5-3-14(4-6-16)12-18(11-13-1-2-13)17(20)15-7-9-23(21,22)10-8-15/h3-6,13,15,19H,1-2,7-12H2. The Morgan fingerprint density at radius 2 is 1.70 bits per heavy atom. The molecule has 6 heteroatoms. The molecule has 2 aliphatic rings. The van der Waals surface area contributed by atoms with E-state index in [0.29, 0.717) is 25.3 Å². The van der Waals surface area contributed by atoms with Crippen molar-refractivity contribution in [1.82, 2.24) is 4.90 Å². The zero-order chi connectivity index (χ0) is 16.4. The second-order valence-corrected chi connectivity index (χ2v) is 9.06. The summed E-state index contributed by atoms with van der Waals surface area (Å²) in [6.07, 6.45) is 3.21. The van der Waals surface area contributed by atoms with Crippen LogP contribution in [0.3, 0.4) is 0 Å². The van der Waals surface area contributed by atoms with Crippen LogP contribution in [0, 0.1) is 11.8 Å². The molecule has 0 spiro atoms. The Labute approximate surface area is 137 Å². The molecule has 1 aromatic rings. The third-order valence-corrected chi connectivity index (χ3v) is 6.42. The highest BCUT2D eigenvalue weighted by molar-refractivity contribution is 7.91. The number of hydrogen-bond acceptors (Lipinski definition) is 4. The van der Waals surface area contributed by atoms with Crippen molar-refractivity contribution in [2.45, 2.75) is 32.2 Å². The molecule has 3 rings (SSSR count). The highest BCUT2D eigenvalue weighted by Crippen LogP contribution is 2.32. The Bertz CT molecular complexity index is 650. The summed E-state index contributed by atoms with van der Waals surface area (Å²) in [5.74, 6) is 0.962. The minimum atomic E-state index is -2.95. The first-order valence-electron chi connectivity index (χ1n) is 8.20. The van der Waals surface area contributed by atoms with Gasteiger partial charge in [0.15, 0.2) is 0 Å². The zero-order valence-electron chi connectivity index (χ0n) is 13.1. The third kappa shape index (κ3) is 4.47. The summed E-state index contributed by atoms with van der Waals surface area (Å²) in [5, 5.41) is 9.37. The van der Waals surface area contributed by atoms with Crippen LogP contribution in [0.2, 0.25) is 0 Å². The minimum absolute atomic E-state index is 0.0832. The first-order chi connectivity index (χ1) is 10.9. The Hall–Kier alpha value is -1.56. The van der Waals surface area contributed by atoms with Crippen LogP contribution in [0.25, 0.3) is 0 Å². The lowest BCUT2D eigenvalue weighted by Crippen LogP contribution is -2.40. The molecule has 1 aliphatic heterocycles. The SMILES string of the molecule is O=C(C1CCS(=O)(=O)CC1)N(Cc1ccc(O)cc1)CC1CC1. The van der Waals surface area contributed by atoms with Crippen LogP contribution < -0.4 is 0 Å². The number of phenols is 1. The number of carbonyl (C=O) groups is 1. The van der Waals surface area contributed by atoms with Crippen molar-refractivity contribution in [2.75, 3.05) is 18.1 Å². The van der Waals surface area contributed by atoms with Crippen molar-refractivity contribution in [2.24, 2.45) is 11.8 Å².